The van der Waals surface area contributed by atoms with Crippen LogP contribution in [-0.2, 0) is 12.8 Å². The lowest BCUT2D eigenvalue weighted by atomic mass is 10.1. The van der Waals surface area contributed by atoms with E-state index in [2.05, 4.69) is 5.32 Å². The summed E-state index contributed by atoms with van der Waals surface area (Å²) in [6.07, 6.45) is 0.835. The van der Waals surface area contributed by atoms with Crippen LogP contribution in [0.2, 0.25) is 0 Å². The molecule has 0 aromatic heterocycles. The third kappa shape index (κ3) is 7.46. The maximum Gasteiger partial charge on any atom is 0.122 e. The maximum atomic E-state index is 10.1. The number of ether oxygens (including phenoxy) is 3. The molecule has 0 radical (unpaired) electrons. The molecule has 6 heteroatoms. The molecule has 0 aliphatic heterocycles. The van der Waals surface area contributed by atoms with Crippen molar-refractivity contribution in [3.05, 3.63) is 53.6 Å². The highest BCUT2D eigenvalue weighted by molar-refractivity contribution is 5.38. The van der Waals surface area contributed by atoms with Gasteiger partial charge in [0, 0.05) is 19.2 Å². The van der Waals surface area contributed by atoms with Gasteiger partial charge >= 0.3 is 0 Å². The Bertz CT molecular complexity index is 653. The van der Waals surface area contributed by atoms with Crippen LogP contribution in [0.25, 0.3) is 0 Å². The van der Waals surface area contributed by atoms with Crippen molar-refractivity contribution in [1.29, 1.82) is 0 Å². The van der Waals surface area contributed by atoms with Crippen LogP contribution in [0, 0.1) is 0 Å². The number of aliphatic hydroxyl groups is 2. The highest BCUT2D eigenvalue weighted by Gasteiger charge is 2.06. The van der Waals surface area contributed by atoms with Crippen molar-refractivity contribution >= 4 is 0 Å². The van der Waals surface area contributed by atoms with Crippen LogP contribution in [0.15, 0.2) is 42.5 Å². The summed E-state index contributed by atoms with van der Waals surface area (Å²) in [5.41, 5.74) is 2.16. The SMILES string of the molecule is COc1cc(CCNCC(O)COc2ccc(CCO)cc2)cc(OC)c1. The topological polar surface area (TPSA) is 80.2 Å². The molecule has 3 N–H and O–H groups in total. The van der Waals surface area contributed by atoms with Crippen LogP contribution in [0.4, 0.5) is 0 Å². The molecule has 2 aromatic rings. The van der Waals surface area contributed by atoms with Crippen molar-refractivity contribution in [2.45, 2.75) is 18.9 Å². The van der Waals surface area contributed by atoms with Gasteiger partial charge in [-0.1, -0.05) is 12.1 Å². The summed E-state index contributed by atoms with van der Waals surface area (Å²) >= 11 is 0. The summed E-state index contributed by atoms with van der Waals surface area (Å²) in [7, 11) is 3.26. The van der Waals surface area contributed by atoms with Gasteiger partial charge in [-0.15, -0.1) is 0 Å². The number of hydrogen-bond acceptors (Lipinski definition) is 6. The Morgan fingerprint density at radius 3 is 2.15 bits per heavy atom. The second-order valence-corrected chi connectivity index (χ2v) is 6.26. The average Bonchev–Trinajstić information content (AvgIpc) is 2.70. The molecule has 0 aliphatic rings. The molecule has 0 saturated heterocycles. The lowest BCUT2D eigenvalue weighted by Gasteiger charge is -2.14. The second kappa shape index (κ2) is 11.4. The van der Waals surface area contributed by atoms with Crippen LogP contribution >= 0.6 is 0 Å². The highest BCUT2D eigenvalue weighted by Crippen LogP contribution is 2.22. The Labute approximate surface area is 160 Å². The van der Waals surface area contributed by atoms with E-state index in [1.165, 1.54) is 0 Å². The summed E-state index contributed by atoms with van der Waals surface area (Å²) in [5.74, 6) is 2.24. The first-order valence-electron chi connectivity index (χ1n) is 9.08. The fourth-order valence-electron chi connectivity index (χ4n) is 2.64. The van der Waals surface area contributed by atoms with Crippen molar-refractivity contribution in [3.8, 4) is 17.2 Å². The molecular formula is C21H29NO5. The van der Waals surface area contributed by atoms with Crippen molar-refractivity contribution in [1.82, 2.24) is 5.32 Å². The van der Waals surface area contributed by atoms with Crippen molar-refractivity contribution in [3.63, 3.8) is 0 Å². The standard InChI is InChI=1S/C21H29NO5/c1-25-20-11-17(12-21(13-20)26-2)7-9-22-14-18(24)15-27-19-5-3-16(4-6-19)8-10-23/h3-6,11-13,18,22-24H,7-10,14-15H2,1-2H3. The van der Waals surface area contributed by atoms with Gasteiger partial charge in [0.25, 0.3) is 0 Å². The molecule has 0 bridgehead atoms. The van der Waals surface area contributed by atoms with Crippen LogP contribution in [0.3, 0.4) is 0 Å². The Balaban J connectivity index is 1.68. The van der Waals surface area contributed by atoms with E-state index in [1.807, 2.05) is 42.5 Å². The quantitative estimate of drug-likeness (QED) is 0.491. The van der Waals surface area contributed by atoms with E-state index in [9.17, 15) is 5.11 Å². The number of aliphatic hydroxyl groups excluding tert-OH is 2. The zero-order valence-electron chi connectivity index (χ0n) is 16.0. The third-order valence-electron chi connectivity index (χ3n) is 4.15. The predicted molar refractivity (Wildman–Crippen MR) is 105 cm³/mol. The molecule has 27 heavy (non-hydrogen) atoms. The molecule has 0 fully saturated rings. The minimum absolute atomic E-state index is 0.132. The van der Waals surface area contributed by atoms with Crippen LogP contribution in [-0.4, -0.2) is 56.8 Å². The minimum Gasteiger partial charge on any atom is -0.497 e. The van der Waals surface area contributed by atoms with Gasteiger partial charge in [0.05, 0.1) is 14.2 Å². The number of benzene rings is 2. The Morgan fingerprint density at radius 1 is 0.889 bits per heavy atom. The van der Waals surface area contributed by atoms with Crippen LogP contribution in [0.1, 0.15) is 11.1 Å². The molecule has 0 saturated carbocycles. The summed E-state index contributed by atoms with van der Waals surface area (Å²) in [4.78, 5) is 0. The molecule has 6 nitrogen and oxygen atoms in total. The highest BCUT2D eigenvalue weighted by atomic mass is 16.5. The molecule has 1 atom stereocenters. The maximum absolute atomic E-state index is 10.1. The van der Waals surface area contributed by atoms with Crippen molar-refractivity contribution in [2.75, 3.05) is 40.5 Å². The molecule has 0 heterocycles. The molecule has 0 amide bonds. The van der Waals surface area contributed by atoms with E-state index in [1.54, 1.807) is 14.2 Å². The number of rotatable bonds is 12. The Kier molecular flexibility index (Phi) is 8.91. The molecule has 0 spiro atoms. The van der Waals surface area contributed by atoms with E-state index in [4.69, 9.17) is 19.3 Å². The smallest absolute Gasteiger partial charge is 0.122 e. The average molecular weight is 375 g/mol. The summed E-state index contributed by atoms with van der Waals surface area (Å²) in [6, 6.07) is 13.3. The van der Waals surface area contributed by atoms with E-state index in [0.29, 0.717) is 18.7 Å². The van der Waals surface area contributed by atoms with Gasteiger partial charge in [0.15, 0.2) is 0 Å². The lowest BCUT2D eigenvalue weighted by molar-refractivity contribution is 0.106. The van der Waals surface area contributed by atoms with Crippen molar-refractivity contribution in [2.24, 2.45) is 0 Å². The van der Waals surface area contributed by atoms with E-state index < -0.39 is 6.10 Å². The van der Waals surface area contributed by atoms with E-state index >= 15 is 0 Å². The van der Waals surface area contributed by atoms with Gasteiger partial charge in [0.2, 0.25) is 0 Å². The number of methoxy groups -OCH3 is 2. The monoisotopic (exact) mass is 375 g/mol. The molecular weight excluding hydrogens is 346 g/mol. The van der Waals surface area contributed by atoms with Gasteiger partial charge in [0.1, 0.15) is 30.0 Å². The lowest BCUT2D eigenvalue weighted by Crippen LogP contribution is -2.32. The summed E-state index contributed by atoms with van der Waals surface area (Å²) < 4.78 is 16.1. The first kappa shape index (κ1) is 21.0. The fourth-order valence-corrected chi connectivity index (χ4v) is 2.64. The van der Waals surface area contributed by atoms with Gasteiger partial charge in [-0.25, -0.2) is 0 Å². The predicted octanol–water partition coefficient (Wildman–Crippen LogP) is 1.81. The first-order valence-corrected chi connectivity index (χ1v) is 9.08. The van der Waals surface area contributed by atoms with Gasteiger partial charge in [-0.3, -0.25) is 0 Å². The summed E-state index contributed by atoms with van der Waals surface area (Å²) in [6.45, 7) is 1.53. The zero-order valence-corrected chi connectivity index (χ0v) is 16.0. The molecule has 1 unspecified atom stereocenters. The van der Waals surface area contributed by atoms with E-state index in [-0.39, 0.29) is 13.2 Å². The Hall–Kier alpha value is -2.28. The largest absolute Gasteiger partial charge is 0.497 e. The van der Waals surface area contributed by atoms with Gasteiger partial charge < -0.3 is 29.7 Å². The minimum atomic E-state index is -0.595. The molecule has 2 aromatic carbocycles. The molecule has 148 valence electrons. The Morgan fingerprint density at radius 2 is 1.56 bits per heavy atom. The number of nitrogens with one attached hydrogen (secondary N) is 1. The zero-order chi connectivity index (χ0) is 19.5. The fraction of sp³-hybridized carbons (Fsp3) is 0.429. The molecule has 0 aliphatic carbocycles. The summed E-state index contributed by atoms with van der Waals surface area (Å²) in [5, 5.41) is 22.2. The third-order valence-corrected chi connectivity index (χ3v) is 4.15. The van der Waals surface area contributed by atoms with Crippen LogP contribution in [0.5, 0.6) is 17.2 Å². The van der Waals surface area contributed by atoms with Crippen LogP contribution < -0.4 is 19.5 Å². The van der Waals surface area contributed by atoms with Gasteiger partial charge in [-0.05, 0) is 54.8 Å². The number of hydrogen-bond donors (Lipinski definition) is 3. The van der Waals surface area contributed by atoms with Gasteiger partial charge in [-0.2, -0.15) is 0 Å². The normalized spacial score (nSPS) is 11.9. The van der Waals surface area contributed by atoms with E-state index in [0.717, 1.165) is 35.6 Å². The second-order valence-electron chi connectivity index (χ2n) is 6.26. The first-order chi connectivity index (χ1) is 13.1. The van der Waals surface area contributed by atoms with Crippen molar-refractivity contribution < 1.29 is 24.4 Å². The molecule has 2 rings (SSSR count).